The minimum absolute atomic E-state index is 0.152. The maximum absolute atomic E-state index is 13.2. The summed E-state index contributed by atoms with van der Waals surface area (Å²) in [5.41, 5.74) is 0.741. The standard InChI is InChI=1S/C19H21FN4O3/c1-23(13-18(25)22-16-4-2-3-15(20)11-16)19(26)14-5-6-17(21-12-14)24-7-9-27-10-8-24/h2-6,11-12H,7-10,13H2,1H3,(H,22,25). The summed E-state index contributed by atoms with van der Waals surface area (Å²) in [5.74, 6) is -0.371. The Morgan fingerprint density at radius 1 is 1.26 bits per heavy atom. The van der Waals surface area contributed by atoms with Crippen molar-refractivity contribution < 1.29 is 18.7 Å². The number of nitrogens with zero attached hydrogens (tertiary/aromatic N) is 3. The van der Waals surface area contributed by atoms with Crippen LogP contribution in [0.4, 0.5) is 15.9 Å². The number of halogens is 1. The Balaban J connectivity index is 1.57. The van der Waals surface area contributed by atoms with E-state index in [4.69, 9.17) is 4.74 Å². The van der Waals surface area contributed by atoms with Crippen LogP contribution in [0.3, 0.4) is 0 Å². The number of hydrogen-bond acceptors (Lipinski definition) is 5. The van der Waals surface area contributed by atoms with E-state index < -0.39 is 11.7 Å². The first-order chi connectivity index (χ1) is 13.0. The van der Waals surface area contributed by atoms with E-state index in [0.717, 1.165) is 18.9 Å². The molecule has 142 valence electrons. The molecular formula is C19H21FN4O3. The number of ether oxygens (including phenoxy) is 1. The molecule has 2 aromatic rings. The number of aromatic nitrogens is 1. The summed E-state index contributed by atoms with van der Waals surface area (Å²) in [7, 11) is 1.53. The van der Waals surface area contributed by atoms with E-state index in [2.05, 4.69) is 15.2 Å². The number of nitrogens with one attached hydrogen (secondary N) is 1. The Kier molecular flexibility index (Phi) is 5.97. The molecule has 0 atom stereocenters. The third-order valence-electron chi connectivity index (χ3n) is 4.17. The second-order valence-electron chi connectivity index (χ2n) is 6.22. The molecule has 1 aromatic carbocycles. The predicted octanol–water partition coefficient (Wildman–Crippen LogP) is 1.77. The Morgan fingerprint density at radius 2 is 2.04 bits per heavy atom. The van der Waals surface area contributed by atoms with Crippen LogP contribution in [-0.2, 0) is 9.53 Å². The Hall–Kier alpha value is -3.00. The molecule has 1 aliphatic rings. The molecule has 0 radical (unpaired) electrons. The lowest BCUT2D eigenvalue weighted by molar-refractivity contribution is -0.116. The summed E-state index contributed by atoms with van der Waals surface area (Å²) in [4.78, 5) is 32.3. The third-order valence-corrected chi connectivity index (χ3v) is 4.17. The zero-order valence-electron chi connectivity index (χ0n) is 15.0. The highest BCUT2D eigenvalue weighted by Gasteiger charge is 2.17. The fraction of sp³-hybridized carbons (Fsp3) is 0.316. The van der Waals surface area contributed by atoms with Crippen molar-refractivity contribution in [3.8, 4) is 0 Å². The number of anilines is 2. The van der Waals surface area contributed by atoms with Gasteiger partial charge in [0.05, 0.1) is 25.3 Å². The van der Waals surface area contributed by atoms with Crippen LogP contribution >= 0.6 is 0 Å². The fourth-order valence-corrected chi connectivity index (χ4v) is 2.77. The molecule has 0 saturated carbocycles. The molecule has 0 bridgehead atoms. The zero-order chi connectivity index (χ0) is 19.2. The van der Waals surface area contributed by atoms with Gasteiger partial charge in [0.1, 0.15) is 11.6 Å². The van der Waals surface area contributed by atoms with E-state index in [9.17, 15) is 14.0 Å². The number of morpholine rings is 1. The van der Waals surface area contributed by atoms with Crippen LogP contribution < -0.4 is 10.2 Å². The molecule has 1 fully saturated rings. The van der Waals surface area contributed by atoms with Gasteiger partial charge in [0.2, 0.25) is 5.91 Å². The van der Waals surface area contributed by atoms with Crippen LogP contribution in [0.2, 0.25) is 0 Å². The van der Waals surface area contributed by atoms with Gasteiger partial charge in [-0.25, -0.2) is 9.37 Å². The van der Waals surface area contributed by atoms with Crippen LogP contribution in [0.25, 0.3) is 0 Å². The molecule has 1 N–H and O–H groups in total. The van der Waals surface area contributed by atoms with Gasteiger partial charge in [-0.15, -0.1) is 0 Å². The minimum Gasteiger partial charge on any atom is -0.378 e. The molecule has 8 heteroatoms. The lowest BCUT2D eigenvalue weighted by Gasteiger charge is -2.27. The number of pyridine rings is 1. The molecule has 0 spiro atoms. The molecule has 1 saturated heterocycles. The average Bonchev–Trinajstić information content (AvgIpc) is 2.68. The quantitative estimate of drug-likeness (QED) is 0.866. The molecule has 0 aliphatic carbocycles. The maximum atomic E-state index is 13.2. The van der Waals surface area contributed by atoms with Gasteiger partial charge in [-0.1, -0.05) is 6.07 Å². The van der Waals surface area contributed by atoms with Crippen LogP contribution in [0.5, 0.6) is 0 Å². The van der Waals surface area contributed by atoms with Crippen molar-refractivity contribution in [2.45, 2.75) is 0 Å². The summed E-state index contributed by atoms with van der Waals surface area (Å²) < 4.78 is 18.5. The van der Waals surface area contributed by atoms with Crippen molar-refractivity contribution in [2.24, 2.45) is 0 Å². The van der Waals surface area contributed by atoms with Gasteiger partial charge in [-0.2, -0.15) is 0 Å². The van der Waals surface area contributed by atoms with Gasteiger partial charge >= 0.3 is 0 Å². The van der Waals surface area contributed by atoms with Crippen molar-refractivity contribution in [1.29, 1.82) is 0 Å². The van der Waals surface area contributed by atoms with Crippen molar-refractivity contribution in [1.82, 2.24) is 9.88 Å². The highest BCUT2D eigenvalue weighted by Crippen LogP contribution is 2.14. The Morgan fingerprint density at radius 3 is 2.70 bits per heavy atom. The Labute approximate surface area is 156 Å². The Bertz CT molecular complexity index is 807. The number of amides is 2. The van der Waals surface area contributed by atoms with Gasteiger partial charge in [0, 0.05) is 32.0 Å². The zero-order valence-corrected chi connectivity index (χ0v) is 15.0. The van der Waals surface area contributed by atoms with E-state index >= 15 is 0 Å². The molecule has 1 aliphatic heterocycles. The summed E-state index contributed by atoms with van der Waals surface area (Å²) in [6.45, 7) is 2.69. The smallest absolute Gasteiger partial charge is 0.255 e. The van der Waals surface area contributed by atoms with Crippen LogP contribution in [0, 0.1) is 5.82 Å². The lowest BCUT2D eigenvalue weighted by atomic mass is 10.2. The van der Waals surface area contributed by atoms with Crippen LogP contribution in [0.15, 0.2) is 42.6 Å². The number of rotatable bonds is 5. The molecule has 7 nitrogen and oxygen atoms in total. The van der Waals surface area contributed by atoms with Gasteiger partial charge in [-0.3, -0.25) is 9.59 Å². The highest BCUT2D eigenvalue weighted by molar-refractivity contribution is 5.99. The fourth-order valence-electron chi connectivity index (χ4n) is 2.77. The van der Waals surface area contributed by atoms with Crippen molar-refractivity contribution in [3.05, 3.63) is 54.0 Å². The van der Waals surface area contributed by atoms with Gasteiger partial charge in [0.15, 0.2) is 0 Å². The van der Waals surface area contributed by atoms with Crippen molar-refractivity contribution >= 4 is 23.3 Å². The maximum Gasteiger partial charge on any atom is 0.255 e. The summed E-state index contributed by atoms with van der Waals surface area (Å²) in [6, 6.07) is 9.08. The monoisotopic (exact) mass is 372 g/mol. The molecule has 1 aromatic heterocycles. The second kappa shape index (κ2) is 8.59. The summed E-state index contributed by atoms with van der Waals surface area (Å²) in [5, 5.41) is 2.57. The number of carbonyl (C=O) groups excluding carboxylic acids is 2. The molecule has 27 heavy (non-hydrogen) atoms. The normalized spacial score (nSPS) is 13.9. The second-order valence-corrected chi connectivity index (χ2v) is 6.22. The highest BCUT2D eigenvalue weighted by atomic mass is 19.1. The number of likely N-dealkylation sites (N-methyl/N-ethyl adjacent to an activating group) is 1. The molecule has 2 heterocycles. The first kappa shape index (κ1) is 18.8. The molecule has 2 amide bonds. The number of carbonyl (C=O) groups is 2. The molecular weight excluding hydrogens is 351 g/mol. The summed E-state index contributed by atoms with van der Waals surface area (Å²) in [6.07, 6.45) is 1.51. The van der Waals surface area contributed by atoms with E-state index in [1.54, 1.807) is 18.2 Å². The SMILES string of the molecule is CN(CC(=O)Nc1cccc(F)c1)C(=O)c1ccc(N2CCOCC2)nc1. The minimum atomic E-state index is -0.441. The van der Waals surface area contributed by atoms with E-state index in [-0.39, 0.29) is 12.5 Å². The van der Waals surface area contributed by atoms with E-state index in [0.29, 0.717) is 24.5 Å². The first-order valence-corrected chi connectivity index (χ1v) is 8.62. The van der Waals surface area contributed by atoms with Crippen molar-refractivity contribution in [2.75, 3.05) is 50.1 Å². The van der Waals surface area contributed by atoms with Crippen molar-refractivity contribution in [3.63, 3.8) is 0 Å². The number of hydrogen-bond donors (Lipinski definition) is 1. The molecule has 0 unspecified atom stereocenters. The van der Waals surface area contributed by atoms with Crippen LogP contribution in [-0.4, -0.2) is 61.6 Å². The van der Waals surface area contributed by atoms with E-state index in [1.165, 1.54) is 36.3 Å². The topological polar surface area (TPSA) is 74.8 Å². The summed E-state index contributed by atoms with van der Waals surface area (Å²) >= 11 is 0. The average molecular weight is 372 g/mol. The van der Waals surface area contributed by atoms with Gasteiger partial charge in [0.25, 0.3) is 5.91 Å². The van der Waals surface area contributed by atoms with Crippen LogP contribution in [0.1, 0.15) is 10.4 Å². The van der Waals surface area contributed by atoms with E-state index in [1.807, 2.05) is 0 Å². The first-order valence-electron chi connectivity index (χ1n) is 8.62. The van der Waals surface area contributed by atoms with Gasteiger partial charge in [-0.05, 0) is 30.3 Å². The third kappa shape index (κ3) is 5.01. The number of benzene rings is 1. The predicted molar refractivity (Wildman–Crippen MR) is 99.3 cm³/mol. The van der Waals surface area contributed by atoms with Gasteiger partial charge < -0.3 is 19.9 Å². The largest absolute Gasteiger partial charge is 0.378 e. The lowest BCUT2D eigenvalue weighted by Crippen LogP contribution is -2.37. The molecule has 3 rings (SSSR count).